The summed E-state index contributed by atoms with van der Waals surface area (Å²) in [7, 11) is 1.85. The lowest BCUT2D eigenvalue weighted by atomic mass is 9.98. The standard InChI is InChI=1S/C16H26N4O2/c1-18-13-14(12-17-18)16(21)20-6-3-2-4-15(20)5-7-19-8-10-22-11-9-19/h12-13,15H,2-11H2,1H3. The van der Waals surface area contributed by atoms with Gasteiger partial charge in [-0.1, -0.05) is 0 Å². The van der Waals surface area contributed by atoms with Crippen molar-refractivity contribution >= 4 is 5.91 Å². The lowest BCUT2D eigenvalue weighted by molar-refractivity contribution is 0.0295. The van der Waals surface area contributed by atoms with Gasteiger partial charge in [-0.15, -0.1) is 0 Å². The Hall–Kier alpha value is -1.40. The molecular weight excluding hydrogens is 280 g/mol. The molecule has 0 aliphatic carbocycles. The summed E-state index contributed by atoms with van der Waals surface area (Å²) in [6.45, 7) is 5.64. The van der Waals surface area contributed by atoms with Crippen LogP contribution < -0.4 is 0 Å². The van der Waals surface area contributed by atoms with E-state index in [2.05, 4.69) is 14.9 Å². The van der Waals surface area contributed by atoms with Gasteiger partial charge in [0.15, 0.2) is 0 Å². The number of nitrogens with zero attached hydrogens (tertiary/aromatic N) is 4. The molecule has 1 aromatic heterocycles. The molecule has 0 radical (unpaired) electrons. The molecule has 3 heterocycles. The number of piperidine rings is 1. The molecule has 1 atom stereocenters. The van der Waals surface area contributed by atoms with E-state index in [-0.39, 0.29) is 5.91 Å². The van der Waals surface area contributed by atoms with Crippen LogP contribution in [0.25, 0.3) is 0 Å². The molecule has 2 saturated heterocycles. The number of amides is 1. The summed E-state index contributed by atoms with van der Waals surface area (Å²) < 4.78 is 7.09. The molecule has 2 aliphatic rings. The number of morpholine rings is 1. The Bertz CT molecular complexity index is 496. The predicted molar refractivity (Wildman–Crippen MR) is 83.8 cm³/mol. The summed E-state index contributed by atoms with van der Waals surface area (Å²) in [6.07, 6.45) is 8.01. The van der Waals surface area contributed by atoms with E-state index < -0.39 is 0 Å². The Morgan fingerprint density at radius 3 is 2.86 bits per heavy atom. The highest BCUT2D eigenvalue weighted by atomic mass is 16.5. The lowest BCUT2D eigenvalue weighted by Gasteiger charge is -2.37. The van der Waals surface area contributed by atoms with Crippen LogP contribution in [0.2, 0.25) is 0 Å². The first kappa shape index (κ1) is 15.5. The maximum Gasteiger partial charge on any atom is 0.257 e. The van der Waals surface area contributed by atoms with Gasteiger partial charge in [-0.25, -0.2) is 0 Å². The fraction of sp³-hybridized carbons (Fsp3) is 0.750. The third kappa shape index (κ3) is 3.67. The number of likely N-dealkylation sites (tertiary alicyclic amines) is 1. The second-order valence-corrected chi connectivity index (χ2v) is 6.29. The molecule has 1 unspecified atom stereocenters. The van der Waals surface area contributed by atoms with Gasteiger partial charge in [0, 0.05) is 45.5 Å². The fourth-order valence-corrected chi connectivity index (χ4v) is 3.42. The molecule has 1 aromatic rings. The summed E-state index contributed by atoms with van der Waals surface area (Å²) in [5.41, 5.74) is 0.709. The van der Waals surface area contributed by atoms with Crippen LogP contribution in [0.5, 0.6) is 0 Å². The molecule has 0 saturated carbocycles. The number of carbonyl (C=O) groups excluding carboxylic acids is 1. The molecule has 1 amide bonds. The highest BCUT2D eigenvalue weighted by Crippen LogP contribution is 2.22. The molecule has 2 aliphatic heterocycles. The largest absolute Gasteiger partial charge is 0.379 e. The van der Waals surface area contributed by atoms with Gasteiger partial charge in [0.1, 0.15) is 0 Å². The van der Waals surface area contributed by atoms with Gasteiger partial charge in [-0.2, -0.15) is 5.10 Å². The van der Waals surface area contributed by atoms with Crippen molar-refractivity contribution in [2.24, 2.45) is 7.05 Å². The predicted octanol–water partition coefficient (Wildman–Crippen LogP) is 1.14. The summed E-state index contributed by atoms with van der Waals surface area (Å²) in [5.74, 6) is 0.139. The highest BCUT2D eigenvalue weighted by molar-refractivity contribution is 5.94. The molecule has 122 valence electrons. The molecule has 0 spiro atoms. The van der Waals surface area contributed by atoms with Crippen molar-refractivity contribution in [1.82, 2.24) is 19.6 Å². The molecule has 0 aromatic carbocycles. The van der Waals surface area contributed by atoms with Crippen LogP contribution in [0.4, 0.5) is 0 Å². The smallest absolute Gasteiger partial charge is 0.257 e. The minimum absolute atomic E-state index is 0.139. The quantitative estimate of drug-likeness (QED) is 0.837. The van der Waals surface area contributed by atoms with E-state index in [0.717, 1.165) is 58.7 Å². The Kier molecular flexibility index (Phi) is 5.10. The van der Waals surface area contributed by atoms with Gasteiger partial charge in [0.05, 0.1) is 25.0 Å². The van der Waals surface area contributed by atoms with Crippen molar-refractivity contribution in [3.8, 4) is 0 Å². The van der Waals surface area contributed by atoms with E-state index in [4.69, 9.17) is 4.74 Å². The Balaban J connectivity index is 1.59. The Labute approximate surface area is 132 Å². The van der Waals surface area contributed by atoms with Gasteiger partial charge >= 0.3 is 0 Å². The summed E-state index contributed by atoms with van der Waals surface area (Å²) in [4.78, 5) is 17.2. The zero-order valence-corrected chi connectivity index (χ0v) is 13.4. The van der Waals surface area contributed by atoms with E-state index in [1.807, 2.05) is 13.2 Å². The van der Waals surface area contributed by atoms with E-state index in [1.165, 1.54) is 6.42 Å². The number of hydrogen-bond donors (Lipinski definition) is 0. The SMILES string of the molecule is Cn1cc(C(=O)N2CCCCC2CCN2CCOCC2)cn1. The lowest BCUT2D eigenvalue weighted by Crippen LogP contribution is -2.46. The highest BCUT2D eigenvalue weighted by Gasteiger charge is 2.28. The third-order valence-electron chi connectivity index (χ3n) is 4.72. The molecule has 6 nitrogen and oxygen atoms in total. The van der Waals surface area contributed by atoms with Gasteiger partial charge in [0.2, 0.25) is 0 Å². The maximum atomic E-state index is 12.7. The van der Waals surface area contributed by atoms with E-state index in [1.54, 1.807) is 10.9 Å². The first-order chi connectivity index (χ1) is 10.7. The van der Waals surface area contributed by atoms with Gasteiger partial charge < -0.3 is 9.64 Å². The van der Waals surface area contributed by atoms with Crippen molar-refractivity contribution < 1.29 is 9.53 Å². The topological polar surface area (TPSA) is 50.6 Å². The van der Waals surface area contributed by atoms with Crippen LogP contribution in [0.3, 0.4) is 0 Å². The van der Waals surface area contributed by atoms with Crippen molar-refractivity contribution in [1.29, 1.82) is 0 Å². The van der Waals surface area contributed by atoms with E-state index >= 15 is 0 Å². The molecular formula is C16H26N4O2. The number of carbonyl (C=O) groups is 1. The Morgan fingerprint density at radius 1 is 1.32 bits per heavy atom. The molecule has 22 heavy (non-hydrogen) atoms. The molecule has 0 N–H and O–H groups in total. The zero-order valence-electron chi connectivity index (χ0n) is 13.4. The third-order valence-corrected chi connectivity index (χ3v) is 4.72. The van der Waals surface area contributed by atoms with Crippen LogP contribution >= 0.6 is 0 Å². The average molecular weight is 306 g/mol. The van der Waals surface area contributed by atoms with Gasteiger partial charge in [-0.05, 0) is 25.7 Å². The Morgan fingerprint density at radius 2 is 2.14 bits per heavy atom. The van der Waals surface area contributed by atoms with Crippen LogP contribution in [0, 0.1) is 0 Å². The molecule has 3 rings (SSSR count). The number of aromatic nitrogens is 2. The number of ether oxygens (including phenoxy) is 1. The fourth-order valence-electron chi connectivity index (χ4n) is 3.42. The monoisotopic (exact) mass is 306 g/mol. The van der Waals surface area contributed by atoms with E-state index in [9.17, 15) is 4.79 Å². The number of hydrogen-bond acceptors (Lipinski definition) is 4. The number of rotatable bonds is 4. The van der Waals surface area contributed by atoms with Crippen molar-refractivity contribution in [2.45, 2.75) is 31.7 Å². The van der Waals surface area contributed by atoms with Crippen LogP contribution in [-0.2, 0) is 11.8 Å². The minimum Gasteiger partial charge on any atom is -0.379 e. The van der Waals surface area contributed by atoms with Crippen molar-refractivity contribution in [2.75, 3.05) is 39.4 Å². The van der Waals surface area contributed by atoms with E-state index in [0.29, 0.717) is 11.6 Å². The summed E-state index contributed by atoms with van der Waals surface area (Å²) in [6, 6.07) is 0.365. The molecule has 2 fully saturated rings. The number of aryl methyl sites for hydroxylation is 1. The minimum atomic E-state index is 0.139. The van der Waals surface area contributed by atoms with Crippen LogP contribution in [-0.4, -0.2) is 70.9 Å². The van der Waals surface area contributed by atoms with Crippen molar-refractivity contribution in [3.63, 3.8) is 0 Å². The summed E-state index contributed by atoms with van der Waals surface area (Å²) in [5, 5.41) is 4.12. The van der Waals surface area contributed by atoms with Crippen LogP contribution in [0.15, 0.2) is 12.4 Å². The first-order valence-corrected chi connectivity index (χ1v) is 8.34. The first-order valence-electron chi connectivity index (χ1n) is 8.34. The second kappa shape index (κ2) is 7.24. The second-order valence-electron chi connectivity index (χ2n) is 6.29. The van der Waals surface area contributed by atoms with Crippen LogP contribution in [0.1, 0.15) is 36.0 Å². The van der Waals surface area contributed by atoms with Gasteiger partial charge in [0.25, 0.3) is 5.91 Å². The molecule has 6 heteroatoms. The average Bonchev–Trinajstić information content (AvgIpc) is 3.00. The maximum absolute atomic E-state index is 12.7. The van der Waals surface area contributed by atoms with Crippen molar-refractivity contribution in [3.05, 3.63) is 18.0 Å². The zero-order chi connectivity index (χ0) is 15.4. The summed E-state index contributed by atoms with van der Waals surface area (Å²) >= 11 is 0. The normalized spacial score (nSPS) is 23.7. The van der Waals surface area contributed by atoms with Gasteiger partial charge in [-0.3, -0.25) is 14.4 Å². The molecule has 0 bridgehead atoms.